The van der Waals surface area contributed by atoms with E-state index in [1.807, 2.05) is 0 Å². The zero-order valence-electron chi connectivity index (χ0n) is 10.3. The molecule has 0 heterocycles. The number of nitrogens with zero attached hydrogens (tertiary/aromatic N) is 1. The summed E-state index contributed by atoms with van der Waals surface area (Å²) in [5.74, 6) is 1.51. The van der Waals surface area contributed by atoms with Crippen LogP contribution in [0.4, 0.5) is 0 Å². The lowest BCUT2D eigenvalue weighted by atomic mass is 9.65. The molecule has 0 aromatic heterocycles. The van der Waals surface area contributed by atoms with Crippen molar-refractivity contribution in [3.05, 3.63) is 12.2 Å². The van der Waals surface area contributed by atoms with E-state index in [2.05, 4.69) is 18.2 Å². The van der Waals surface area contributed by atoms with Gasteiger partial charge in [0.1, 0.15) is 0 Å². The quantitative estimate of drug-likeness (QED) is 0.742. The Kier molecular flexibility index (Phi) is 2.75. The van der Waals surface area contributed by atoms with E-state index < -0.39 is 11.5 Å². The van der Waals surface area contributed by atoms with E-state index in [0.717, 1.165) is 32.1 Å². The van der Waals surface area contributed by atoms with Gasteiger partial charge in [-0.15, -0.1) is 0 Å². The maximum absolute atomic E-state index is 10.7. The molecule has 3 aliphatic rings. The molecule has 2 nitrogen and oxygen atoms in total. The van der Waals surface area contributed by atoms with Crippen molar-refractivity contribution in [3.63, 3.8) is 0 Å². The molecule has 2 heteroatoms. The van der Waals surface area contributed by atoms with E-state index in [0.29, 0.717) is 17.8 Å². The lowest BCUT2D eigenvalue weighted by Crippen LogP contribution is -2.43. The fourth-order valence-electron chi connectivity index (χ4n) is 4.46. The van der Waals surface area contributed by atoms with E-state index in [1.165, 1.54) is 12.8 Å². The number of rotatable bonds is 2. The number of aliphatic hydroxyl groups excluding tert-OH is 1. The first-order chi connectivity index (χ1) is 8.26. The van der Waals surface area contributed by atoms with E-state index in [4.69, 9.17) is 0 Å². The van der Waals surface area contributed by atoms with Crippen LogP contribution in [0.5, 0.6) is 0 Å². The Hall–Kier alpha value is -0.810. The SMILES string of the molecule is N#CC1(C(O)C2CC=CCC2)CC2CCC1C2. The topological polar surface area (TPSA) is 44.0 Å². The molecule has 0 amide bonds. The molecule has 2 bridgehead atoms. The summed E-state index contributed by atoms with van der Waals surface area (Å²) in [6.45, 7) is 0. The van der Waals surface area contributed by atoms with Crippen molar-refractivity contribution < 1.29 is 5.11 Å². The summed E-state index contributed by atoms with van der Waals surface area (Å²) in [7, 11) is 0. The fraction of sp³-hybridized carbons (Fsp3) is 0.800. The third kappa shape index (κ3) is 1.64. The summed E-state index contributed by atoms with van der Waals surface area (Å²) in [6, 6.07) is 2.53. The summed E-state index contributed by atoms with van der Waals surface area (Å²) >= 11 is 0. The van der Waals surface area contributed by atoms with Crippen LogP contribution < -0.4 is 0 Å². The lowest BCUT2D eigenvalue weighted by molar-refractivity contribution is -0.0205. The number of fused-ring (bicyclic) bond motifs is 2. The molecule has 0 aromatic carbocycles. The molecule has 0 aliphatic heterocycles. The Balaban J connectivity index is 1.81. The molecule has 0 aromatic rings. The van der Waals surface area contributed by atoms with Gasteiger partial charge in [-0.05, 0) is 56.3 Å². The van der Waals surface area contributed by atoms with Gasteiger partial charge in [0.25, 0.3) is 0 Å². The molecule has 0 saturated heterocycles. The van der Waals surface area contributed by atoms with Crippen LogP contribution in [0.2, 0.25) is 0 Å². The Morgan fingerprint density at radius 2 is 2.18 bits per heavy atom. The van der Waals surface area contributed by atoms with Crippen LogP contribution in [-0.4, -0.2) is 11.2 Å². The second-order valence-corrected chi connectivity index (χ2v) is 6.22. The maximum Gasteiger partial charge on any atom is 0.0865 e. The van der Waals surface area contributed by atoms with Gasteiger partial charge in [-0.1, -0.05) is 18.6 Å². The standard InChI is InChI=1S/C15H21NO/c16-10-15(9-11-6-7-13(15)8-11)14(17)12-4-2-1-3-5-12/h1-2,11-14,17H,3-9H2. The zero-order chi connectivity index (χ0) is 11.9. The number of nitriles is 1. The fourth-order valence-corrected chi connectivity index (χ4v) is 4.46. The highest BCUT2D eigenvalue weighted by Gasteiger charge is 2.56. The summed E-state index contributed by atoms with van der Waals surface area (Å²) in [5.41, 5.74) is -0.404. The van der Waals surface area contributed by atoms with Crippen molar-refractivity contribution in [1.82, 2.24) is 0 Å². The van der Waals surface area contributed by atoms with Gasteiger partial charge >= 0.3 is 0 Å². The van der Waals surface area contributed by atoms with Crippen molar-refractivity contribution in [2.24, 2.45) is 23.2 Å². The molecule has 5 atom stereocenters. The van der Waals surface area contributed by atoms with Crippen LogP contribution in [0.25, 0.3) is 0 Å². The van der Waals surface area contributed by atoms with E-state index in [-0.39, 0.29) is 0 Å². The van der Waals surface area contributed by atoms with E-state index >= 15 is 0 Å². The van der Waals surface area contributed by atoms with Crippen LogP contribution in [0.1, 0.15) is 44.9 Å². The summed E-state index contributed by atoms with van der Waals surface area (Å²) in [5, 5.41) is 20.3. The molecule has 0 radical (unpaired) electrons. The molecule has 17 heavy (non-hydrogen) atoms. The van der Waals surface area contributed by atoms with Crippen LogP contribution >= 0.6 is 0 Å². The van der Waals surface area contributed by atoms with Crippen molar-refractivity contribution >= 4 is 0 Å². The first kappa shape index (κ1) is 11.3. The third-order valence-electron chi connectivity index (χ3n) is 5.39. The Morgan fingerprint density at radius 3 is 2.71 bits per heavy atom. The van der Waals surface area contributed by atoms with E-state index in [9.17, 15) is 10.4 Å². The number of hydrogen-bond acceptors (Lipinski definition) is 2. The smallest absolute Gasteiger partial charge is 0.0865 e. The minimum Gasteiger partial charge on any atom is -0.391 e. The molecule has 3 aliphatic carbocycles. The van der Waals surface area contributed by atoms with Crippen LogP contribution in [-0.2, 0) is 0 Å². The molecule has 3 rings (SSSR count). The highest BCUT2D eigenvalue weighted by Crippen LogP contribution is 2.58. The van der Waals surface area contributed by atoms with Gasteiger partial charge in [0.05, 0.1) is 17.6 Å². The van der Waals surface area contributed by atoms with Crippen LogP contribution in [0, 0.1) is 34.5 Å². The molecule has 5 unspecified atom stereocenters. The third-order valence-corrected chi connectivity index (χ3v) is 5.39. The summed E-state index contributed by atoms with van der Waals surface area (Å²) in [4.78, 5) is 0. The monoisotopic (exact) mass is 231 g/mol. The molecule has 2 fully saturated rings. The predicted molar refractivity (Wildman–Crippen MR) is 66.0 cm³/mol. The highest BCUT2D eigenvalue weighted by atomic mass is 16.3. The summed E-state index contributed by atoms with van der Waals surface area (Å²) < 4.78 is 0. The van der Waals surface area contributed by atoms with Gasteiger partial charge < -0.3 is 5.11 Å². The number of aliphatic hydroxyl groups is 1. The average molecular weight is 231 g/mol. The molecule has 1 N–H and O–H groups in total. The van der Waals surface area contributed by atoms with Crippen molar-refractivity contribution in [2.45, 2.75) is 51.0 Å². The van der Waals surface area contributed by atoms with Gasteiger partial charge in [-0.2, -0.15) is 5.26 Å². The van der Waals surface area contributed by atoms with Gasteiger partial charge in [0, 0.05) is 0 Å². The van der Waals surface area contributed by atoms with Crippen molar-refractivity contribution in [1.29, 1.82) is 5.26 Å². The van der Waals surface area contributed by atoms with Gasteiger partial charge in [0.15, 0.2) is 0 Å². The maximum atomic E-state index is 10.7. The minimum atomic E-state index is -0.404. The summed E-state index contributed by atoms with van der Waals surface area (Å²) in [6.07, 6.45) is 11.6. The highest BCUT2D eigenvalue weighted by molar-refractivity contribution is 5.16. The Labute approximate surface area is 103 Å². The minimum absolute atomic E-state index is 0.319. The van der Waals surface area contributed by atoms with Gasteiger partial charge in [-0.25, -0.2) is 0 Å². The lowest BCUT2D eigenvalue weighted by Gasteiger charge is -2.40. The molecular formula is C15H21NO. The molecule has 92 valence electrons. The normalized spacial score (nSPS) is 45.8. The average Bonchev–Trinajstić information content (AvgIpc) is 2.99. The Bertz CT molecular complexity index is 370. The van der Waals surface area contributed by atoms with E-state index in [1.54, 1.807) is 0 Å². The van der Waals surface area contributed by atoms with Crippen molar-refractivity contribution in [3.8, 4) is 6.07 Å². The second kappa shape index (κ2) is 4.14. The zero-order valence-corrected chi connectivity index (χ0v) is 10.3. The molecule has 0 spiro atoms. The molecular weight excluding hydrogens is 210 g/mol. The van der Waals surface area contributed by atoms with Crippen LogP contribution in [0.15, 0.2) is 12.2 Å². The van der Waals surface area contributed by atoms with Gasteiger partial charge in [-0.3, -0.25) is 0 Å². The largest absolute Gasteiger partial charge is 0.391 e. The second-order valence-electron chi connectivity index (χ2n) is 6.22. The van der Waals surface area contributed by atoms with Crippen molar-refractivity contribution in [2.75, 3.05) is 0 Å². The molecule has 2 saturated carbocycles. The number of allylic oxidation sites excluding steroid dienone is 2. The number of hydrogen-bond donors (Lipinski definition) is 1. The Morgan fingerprint density at radius 1 is 1.29 bits per heavy atom. The first-order valence-electron chi connectivity index (χ1n) is 7.00. The predicted octanol–water partition coefficient (Wildman–Crippen LogP) is 3.03. The van der Waals surface area contributed by atoms with Crippen LogP contribution in [0.3, 0.4) is 0 Å². The van der Waals surface area contributed by atoms with Gasteiger partial charge in [0.2, 0.25) is 0 Å². The first-order valence-corrected chi connectivity index (χ1v) is 7.00.